The molecule has 0 aliphatic rings. The number of halogens is 1. The molecule has 0 unspecified atom stereocenters. The predicted molar refractivity (Wildman–Crippen MR) is 85.2 cm³/mol. The van der Waals surface area contributed by atoms with Crippen LogP contribution in [0.4, 0.5) is 5.82 Å². The second-order valence-corrected chi connectivity index (χ2v) is 5.79. The molecule has 3 rings (SSSR count). The SMILES string of the molecule is Cc1ccc(-n2c(C)c(C)c3c(N)ncnc32)cc1Br. The van der Waals surface area contributed by atoms with Crippen LogP contribution in [0.5, 0.6) is 0 Å². The molecule has 3 aromatic rings. The third-order valence-corrected chi connectivity index (χ3v) is 4.59. The van der Waals surface area contributed by atoms with Crippen molar-refractivity contribution < 1.29 is 0 Å². The molecule has 0 atom stereocenters. The van der Waals surface area contributed by atoms with Gasteiger partial charge in [0.15, 0.2) is 5.65 Å². The number of nitrogens with zero attached hydrogens (tertiary/aromatic N) is 3. The van der Waals surface area contributed by atoms with E-state index in [0.717, 1.165) is 32.5 Å². The maximum Gasteiger partial charge on any atom is 0.150 e. The van der Waals surface area contributed by atoms with Crippen molar-refractivity contribution in [3.8, 4) is 5.69 Å². The summed E-state index contributed by atoms with van der Waals surface area (Å²) in [5.74, 6) is 0.528. The van der Waals surface area contributed by atoms with Crippen LogP contribution in [-0.4, -0.2) is 14.5 Å². The Balaban J connectivity index is 2.39. The summed E-state index contributed by atoms with van der Waals surface area (Å²) in [7, 11) is 0. The fraction of sp³-hybridized carbons (Fsp3) is 0.200. The number of anilines is 1. The zero-order valence-electron chi connectivity index (χ0n) is 11.6. The summed E-state index contributed by atoms with van der Waals surface area (Å²) < 4.78 is 3.20. The number of aromatic nitrogens is 3. The van der Waals surface area contributed by atoms with Crippen LogP contribution < -0.4 is 5.73 Å². The molecular weight excluding hydrogens is 316 g/mol. The standard InChI is InChI=1S/C15H15BrN4/c1-8-4-5-11(6-12(8)16)20-10(3)9(2)13-14(17)18-7-19-15(13)20/h4-7H,1-3H3,(H2,17,18,19). The number of nitrogen functional groups attached to an aromatic ring is 1. The van der Waals surface area contributed by atoms with Gasteiger partial charge in [0.05, 0.1) is 5.39 Å². The van der Waals surface area contributed by atoms with Gasteiger partial charge in [0, 0.05) is 15.9 Å². The second kappa shape index (κ2) is 4.59. The first-order valence-corrected chi connectivity index (χ1v) is 7.14. The van der Waals surface area contributed by atoms with Crippen LogP contribution in [0, 0.1) is 20.8 Å². The number of hydrogen-bond acceptors (Lipinski definition) is 3. The van der Waals surface area contributed by atoms with E-state index < -0.39 is 0 Å². The Morgan fingerprint density at radius 2 is 1.90 bits per heavy atom. The van der Waals surface area contributed by atoms with E-state index in [4.69, 9.17) is 5.73 Å². The maximum absolute atomic E-state index is 6.00. The van der Waals surface area contributed by atoms with Crippen molar-refractivity contribution in [2.24, 2.45) is 0 Å². The van der Waals surface area contributed by atoms with Gasteiger partial charge in [-0.25, -0.2) is 9.97 Å². The minimum Gasteiger partial charge on any atom is -0.383 e. The highest BCUT2D eigenvalue weighted by Crippen LogP contribution is 2.31. The van der Waals surface area contributed by atoms with Crippen LogP contribution >= 0.6 is 15.9 Å². The van der Waals surface area contributed by atoms with Gasteiger partial charge in [-0.2, -0.15) is 0 Å². The molecule has 1 aromatic carbocycles. The highest BCUT2D eigenvalue weighted by molar-refractivity contribution is 9.10. The molecule has 0 spiro atoms. The summed E-state index contributed by atoms with van der Waals surface area (Å²) in [4.78, 5) is 8.50. The van der Waals surface area contributed by atoms with E-state index in [1.165, 1.54) is 11.9 Å². The molecule has 20 heavy (non-hydrogen) atoms. The summed E-state index contributed by atoms with van der Waals surface area (Å²) in [6.07, 6.45) is 1.51. The molecule has 0 aliphatic heterocycles. The monoisotopic (exact) mass is 330 g/mol. The fourth-order valence-electron chi connectivity index (χ4n) is 2.46. The first-order valence-electron chi connectivity index (χ1n) is 6.35. The van der Waals surface area contributed by atoms with Crippen LogP contribution in [0.15, 0.2) is 29.0 Å². The first kappa shape index (κ1) is 13.1. The molecule has 2 N–H and O–H groups in total. The van der Waals surface area contributed by atoms with Crippen LogP contribution in [0.1, 0.15) is 16.8 Å². The lowest BCUT2D eigenvalue weighted by molar-refractivity contribution is 1.01. The van der Waals surface area contributed by atoms with Crippen molar-refractivity contribution in [3.63, 3.8) is 0 Å². The summed E-state index contributed by atoms with van der Waals surface area (Å²) in [6.45, 7) is 6.20. The third kappa shape index (κ3) is 1.81. The van der Waals surface area contributed by atoms with Crippen LogP contribution in [0.3, 0.4) is 0 Å². The highest BCUT2D eigenvalue weighted by Gasteiger charge is 2.16. The zero-order chi connectivity index (χ0) is 14.4. The topological polar surface area (TPSA) is 56.7 Å². The maximum atomic E-state index is 6.00. The molecule has 0 saturated carbocycles. The fourth-order valence-corrected chi connectivity index (χ4v) is 2.83. The van der Waals surface area contributed by atoms with E-state index in [-0.39, 0.29) is 0 Å². The Morgan fingerprint density at radius 1 is 1.15 bits per heavy atom. The Labute approximate surface area is 125 Å². The number of hydrogen-bond donors (Lipinski definition) is 1. The molecule has 0 bridgehead atoms. The molecule has 2 heterocycles. The van der Waals surface area contributed by atoms with Gasteiger partial charge in [0.25, 0.3) is 0 Å². The Bertz CT molecular complexity index is 820. The lowest BCUT2D eigenvalue weighted by atomic mass is 10.2. The predicted octanol–water partition coefficient (Wildman–Crippen LogP) is 3.69. The average molecular weight is 331 g/mol. The summed E-state index contributed by atoms with van der Waals surface area (Å²) in [6, 6.07) is 6.27. The normalized spacial score (nSPS) is 11.2. The van der Waals surface area contributed by atoms with Crippen molar-refractivity contribution in [2.45, 2.75) is 20.8 Å². The number of rotatable bonds is 1. The summed E-state index contributed by atoms with van der Waals surface area (Å²) in [5, 5.41) is 0.932. The molecule has 0 saturated heterocycles. The lowest BCUT2D eigenvalue weighted by Gasteiger charge is -2.09. The second-order valence-electron chi connectivity index (χ2n) is 4.94. The minimum absolute atomic E-state index is 0.528. The van der Waals surface area contributed by atoms with Gasteiger partial charge in [-0.1, -0.05) is 22.0 Å². The highest BCUT2D eigenvalue weighted by atomic mass is 79.9. The number of fused-ring (bicyclic) bond motifs is 1. The lowest BCUT2D eigenvalue weighted by Crippen LogP contribution is -1.99. The van der Waals surface area contributed by atoms with Crippen molar-refractivity contribution in [1.29, 1.82) is 0 Å². The third-order valence-electron chi connectivity index (χ3n) is 3.74. The van der Waals surface area contributed by atoms with Gasteiger partial charge in [-0.3, -0.25) is 4.57 Å². The first-order chi connectivity index (χ1) is 9.50. The van der Waals surface area contributed by atoms with E-state index >= 15 is 0 Å². The Morgan fingerprint density at radius 3 is 2.60 bits per heavy atom. The van der Waals surface area contributed by atoms with Crippen LogP contribution in [-0.2, 0) is 0 Å². The van der Waals surface area contributed by atoms with E-state index in [1.807, 2.05) is 0 Å². The van der Waals surface area contributed by atoms with Gasteiger partial charge >= 0.3 is 0 Å². The Kier molecular flexibility index (Phi) is 3.01. The van der Waals surface area contributed by atoms with Gasteiger partial charge in [-0.05, 0) is 44.0 Å². The smallest absolute Gasteiger partial charge is 0.150 e. The summed E-state index contributed by atoms with van der Waals surface area (Å²) >= 11 is 3.58. The zero-order valence-corrected chi connectivity index (χ0v) is 13.2. The Hall–Kier alpha value is -1.88. The van der Waals surface area contributed by atoms with Gasteiger partial charge in [0.1, 0.15) is 12.1 Å². The molecule has 0 radical (unpaired) electrons. The molecule has 0 fully saturated rings. The molecule has 4 nitrogen and oxygen atoms in total. The number of aryl methyl sites for hydroxylation is 2. The van der Waals surface area contributed by atoms with E-state index in [2.05, 4.69) is 69.4 Å². The van der Waals surface area contributed by atoms with E-state index in [1.54, 1.807) is 0 Å². The largest absolute Gasteiger partial charge is 0.383 e. The number of nitrogens with two attached hydrogens (primary N) is 1. The van der Waals surface area contributed by atoms with Gasteiger partial charge < -0.3 is 5.73 Å². The van der Waals surface area contributed by atoms with Gasteiger partial charge in [-0.15, -0.1) is 0 Å². The molecule has 0 amide bonds. The molecule has 0 aliphatic carbocycles. The van der Waals surface area contributed by atoms with Crippen molar-refractivity contribution >= 4 is 32.8 Å². The number of benzene rings is 1. The molecular formula is C15H15BrN4. The van der Waals surface area contributed by atoms with Crippen LogP contribution in [0.25, 0.3) is 16.7 Å². The van der Waals surface area contributed by atoms with E-state index in [0.29, 0.717) is 5.82 Å². The van der Waals surface area contributed by atoms with Crippen molar-refractivity contribution in [3.05, 3.63) is 45.8 Å². The van der Waals surface area contributed by atoms with Crippen molar-refractivity contribution in [2.75, 3.05) is 5.73 Å². The minimum atomic E-state index is 0.528. The molecule has 5 heteroatoms. The van der Waals surface area contributed by atoms with E-state index in [9.17, 15) is 0 Å². The molecule has 2 aromatic heterocycles. The van der Waals surface area contributed by atoms with Crippen LogP contribution in [0.2, 0.25) is 0 Å². The van der Waals surface area contributed by atoms with Crippen molar-refractivity contribution in [1.82, 2.24) is 14.5 Å². The quantitative estimate of drug-likeness (QED) is 0.740. The van der Waals surface area contributed by atoms with Gasteiger partial charge in [0.2, 0.25) is 0 Å². The average Bonchev–Trinajstić information content (AvgIpc) is 2.67. The molecule has 102 valence electrons. The summed E-state index contributed by atoms with van der Waals surface area (Å²) in [5.41, 5.74) is 11.4.